The van der Waals surface area contributed by atoms with Gasteiger partial charge in [-0.1, -0.05) is 30.3 Å². The number of thiazole rings is 1. The number of rotatable bonds is 9. The number of carbonyl (C=O) groups excluding carboxylic acids is 1. The fraction of sp³-hybridized carbons (Fsp3) is 0.353. The van der Waals surface area contributed by atoms with Crippen LogP contribution < -0.4 is 10.6 Å². The van der Waals surface area contributed by atoms with Crippen LogP contribution in [0.15, 0.2) is 35.7 Å². The fourth-order valence-corrected chi connectivity index (χ4v) is 2.91. The molecule has 2 amide bonds. The number of amides is 2. The summed E-state index contributed by atoms with van der Waals surface area (Å²) in [6.07, 6.45) is 2.31. The van der Waals surface area contributed by atoms with Crippen molar-refractivity contribution in [3.8, 4) is 0 Å². The zero-order valence-corrected chi connectivity index (χ0v) is 14.1. The monoisotopic (exact) mass is 347 g/mol. The molecule has 0 aliphatic rings. The van der Waals surface area contributed by atoms with Gasteiger partial charge in [0.15, 0.2) is 0 Å². The number of carboxylic acid groups (broad SMARTS) is 1. The first-order valence-corrected chi connectivity index (χ1v) is 8.72. The van der Waals surface area contributed by atoms with Gasteiger partial charge in [-0.2, -0.15) is 0 Å². The molecule has 0 bridgehead atoms. The number of nitrogens with one attached hydrogen (secondary N) is 2. The molecular weight excluding hydrogens is 326 g/mol. The highest BCUT2D eigenvalue weighted by molar-refractivity contribution is 7.09. The molecule has 0 spiro atoms. The van der Waals surface area contributed by atoms with Crippen LogP contribution in [0.25, 0.3) is 0 Å². The van der Waals surface area contributed by atoms with Gasteiger partial charge in [0, 0.05) is 24.8 Å². The number of hydrogen-bond donors (Lipinski definition) is 3. The van der Waals surface area contributed by atoms with Gasteiger partial charge >= 0.3 is 12.0 Å². The van der Waals surface area contributed by atoms with Crippen molar-refractivity contribution in [3.05, 3.63) is 52.0 Å². The van der Waals surface area contributed by atoms with Crippen LogP contribution in [-0.2, 0) is 24.2 Å². The van der Waals surface area contributed by atoms with Crippen LogP contribution >= 0.6 is 11.3 Å². The third kappa shape index (κ3) is 6.78. The lowest BCUT2D eigenvalue weighted by atomic mass is 10.1. The molecule has 1 aromatic carbocycles. The number of carbonyl (C=O) groups is 2. The summed E-state index contributed by atoms with van der Waals surface area (Å²) in [6.45, 7) is 0.712. The van der Waals surface area contributed by atoms with Crippen molar-refractivity contribution >= 4 is 23.3 Å². The van der Waals surface area contributed by atoms with Crippen molar-refractivity contribution in [2.24, 2.45) is 0 Å². The van der Waals surface area contributed by atoms with Gasteiger partial charge in [-0.3, -0.25) is 4.79 Å². The molecule has 0 saturated heterocycles. The van der Waals surface area contributed by atoms with Crippen LogP contribution in [-0.4, -0.2) is 28.6 Å². The maximum absolute atomic E-state index is 11.6. The summed E-state index contributed by atoms with van der Waals surface area (Å²) in [6, 6.07) is 9.96. The normalized spacial score (nSPS) is 10.3. The Morgan fingerprint density at radius 2 is 1.92 bits per heavy atom. The maximum atomic E-state index is 11.6. The van der Waals surface area contributed by atoms with Crippen molar-refractivity contribution in [1.82, 2.24) is 15.6 Å². The van der Waals surface area contributed by atoms with E-state index in [1.807, 2.05) is 23.6 Å². The average Bonchev–Trinajstić information content (AvgIpc) is 3.04. The highest BCUT2D eigenvalue weighted by Gasteiger charge is 2.05. The summed E-state index contributed by atoms with van der Waals surface area (Å²) < 4.78 is 0. The molecule has 6 nitrogen and oxygen atoms in total. The Labute approximate surface area is 144 Å². The third-order valence-corrected chi connectivity index (χ3v) is 4.31. The molecule has 0 unspecified atom stereocenters. The molecule has 1 heterocycles. The van der Waals surface area contributed by atoms with Crippen molar-refractivity contribution in [2.45, 2.75) is 32.2 Å². The topological polar surface area (TPSA) is 91.3 Å². The van der Waals surface area contributed by atoms with Crippen LogP contribution in [0.3, 0.4) is 0 Å². The van der Waals surface area contributed by atoms with Crippen LogP contribution in [0.5, 0.6) is 0 Å². The Balaban J connectivity index is 1.66. The van der Waals surface area contributed by atoms with E-state index in [1.54, 1.807) is 11.3 Å². The van der Waals surface area contributed by atoms with Crippen molar-refractivity contribution in [3.63, 3.8) is 0 Å². The van der Waals surface area contributed by atoms with Crippen LogP contribution in [0.2, 0.25) is 0 Å². The zero-order valence-electron chi connectivity index (χ0n) is 13.3. The van der Waals surface area contributed by atoms with Crippen molar-refractivity contribution < 1.29 is 14.7 Å². The Kier molecular flexibility index (Phi) is 7.22. The molecule has 0 saturated carbocycles. The Morgan fingerprint density at radius 1 is 1.12 bits per heavy atom. The molecule has 1 aromatic heterocycles. The number of aromatic nitrogens is 1. The van der Waals surface area contributed by atoms with Gasteiger partial charge < -0.3 is 15.7 Å². The van der Waals surface area contributed by atoms with E-state index in [0.29, 0.717) is 19.5 Å². The van der Waals surface area contributed by atoms with E-state index in [0.717, 1.165) is 23.5 Å². The van der Waals surface area contributed by atoms with E-state index in [2.05, 4.69) is 27.8 Å². The predicted molar refractivity (Wildman–Crippen MR) is 93.1 cm³/mol. The molecule has 2 aromatic rings. The number of aryl methyl sites for hydroxylation is 2. The van der Waals surface area contributed by atoms with Crippen molar-refractivity contribution in [1.29, 1.82) is 0 Å². The molecule has 0 atom stereocenters. The van der Waals surface area contributed by atoms with Gasteiger partial charge in [0.1, 0.15) is 0 Å². The van der Waals surface area contributed by atoms with Crippen LogP contribution in [0.1, 0.15) is 29.1 Å². The number of carboxylic acids is 1. The first kappa shape index (κ1) is 17.9. The molecule has 128 valence electrons. The summed E-state index contributed by atoms with van der Waals surface area (Å²) in [4.78, 5) is 26.5. The van der Waals surface area contributed by atoms with Gasteiger partial charge in [-0.25, -0.2) is 9.78 Å². The molecule has 3 N–H and O–H groups in total. The minimum atomic E-state index is -0.859. The number of hydrogen-bond acceptors (Lipinski definition) is 4. The van der Waals surface area contributed by atoms with Gasteiger partial charge in [0.05, 0.1) is 17.2 Å². The SMILES string of the molecule is O=C(O)CCCNC(=O)NCc1csc(CCc2ccccc2)n1. The molecule has 2 rings (SSSR count). The predicted octanol–water partition coefficient (Wildman–Crippen LogP) is 2.59. The van der Waals surface area contributed by atoms with Gasteiger partial charge in [0.2, 0.25) is 0 Å². The first-order valence-electron chi connectivity index (χ1n) is 7.84. The molecule has 0 aliphatic carbocycles. The molecule has 24 heavy (non-hydrogen) atoms. The number of benzene rings is 1. The number of urea groups is 1. The standard InChI is InChI=1S/C17H21N3O3S/c21-16(22)7-4-10-18-17(23)19-11-14-12-24-15(20-14)9-8-13-5-2-1-3-6-13/h1-3,5-6,12H,4,7-11H2,(H,21,22)(H2,18,19,23). The second kappa shape index (κ2) is 9.67. The van der Waals surface area contributed by atoms with Gasteiger partial charge in [0.25, 0.3) is 0 Å². The van der Waals surface area contributed by atoms with Crippen molar-refractivity contribution in [2.75, 3.05) is 6.54 Å². The second-order valence-corrected chi connectivity index (χ2v) is 6.27. The Morgan fingerprint density at radius 3 is 2.67 bits per heavy atom. The summed E-state index contributed by atoms with van der Waals surface area (Å²) in [5.74, 6) is -0.859. The van der Waals surface area contributed by atoms with Crippen LogP contribution in [0, 0.1) is 0 Å². The minimum Gasteiger partial charge on any atom is -0.481 e. The third-order valence-electron chi connectivity index (χ3n) is 3.35. The minimum absolute atomic E-state index is 0.0527. The summed E-state index contributed by atoms with van der Waals surface area (Å²) in [5, 5.41) is 16.9. The molecular formula is C17H21N3O3S. The summed E-state index contributed by atoms with van der Waals surface area (Å²) >= 11 is 1.60. The molecule has 7 heteroatoms. The Bertz CT molecular complexity index is 658. The van der Waals surface area contributed by atoms with E-state index < -0.39 is 5.97 Å². The Hall–Kier alpha value is -2.41. The fourth-order valence-electron chi connectivity index (χ4n) is 2.12. The average molecular weight is 347 g/mol. The van der Waals surface area contributed by atoms with E-state index in [9.17, 15) is 9.59 Å². The lowest BCUT2D eigenvalue weighted by Crippen LogP contribution is -2.35. The summed E-state index contributed by atoms with van der Waals surface area (Å²) in [5.41, 5.74) is 2.12. The molecule has 0 fully saturated rings. The lowest BCUT2D eigenvalue weighted by molar-refractivity contribution is -0.137. The highest BCUT2D eigenvalue weighted by atomic mass is 32.1. The van der Waals surface area contributed by atoms with Crippen LogP contribution in [0.4, 0.5) is 4.79 Å². The second-order valence-electron chi connectivity index (χ2n) is 5.32. The number of nitrogens with zero attached hydrogens (tertiary/aromatic N) is 1. The molecule has 0 aliphatic heterocycles. The van der Waals surface area contributed by atoms with Gasteiger partial charge in [-0.15, -0.1) is 11.3 Å². The zero-order chi connectivity index (χ0) is 17.2. The van der Waals surface area contributed by atoms with E-state index in [4.69, 9.17) is 5.11 Å². The highest BCUT2D eigenvalue weighted by Crippen LogP contribution is 2.13. The van der Waals surface area contributed by atoms with E-state index >= 15 is 0 Å². The summed E-state index contributed by atoms with van der Waals surface area (Å²) in [7, 11) is 0. The first-order chi connectivity index (χ1) is 11.6. The smallest absolute Gasteiger partial charge is 0.315 e. The van der Waals surface area contributed by atoms with Gasteiger partial charge in [-0.05, 0) is 18.4 Å². The number of aliphatic carboxylic acids is 1. The lowest BCUT2D eigenvalue weighted by Gasteiger charge is -2.05. The maximum Gasteiger partial charge on any atom is 0.315 e. The van der Waals surface area contributed by atoms with E-state index in [-0.39, 0.29) is 12.5 Å². The largest absolute Gasteiger partial charge is 0.481 e. The van der Waals surface area contributed by atoms with E-state index in [1.165, 1.54) is 5.56 Å². The molecule has 0 radical (unpaired) electrons. The quantitative estimate of drug-likeness (QED) is 0.608.